The van der Waals surface area contributed by atoms with E-state index in [4.69, 9.17) is 0 Å². The third kappa shape index (κ3) is 4.89. The molecule has 3 nitrogen and oxygen atoms in total. The summed E-state index contributed by atoms with van der Waals surface area (Å²) in [5.41, 5.74) is 2.23. The SMILES string of the molecule is O=C(C=Cc1ccccc1)c1ccc(O)c(C(=O)C=Cc2ccccc2)c1. The summed E-state index contributed by atoms with van der Waals surface area (Å²) in [5.74, 6) is -0.751. The van der Waals surface area contributed by atoms with E-state index in [0.717, 1.165) is 11.1 Å². The summed E-state index contributed by atoms with van der Waals surface area (Å²) in [6.45, 7) is 0. The Balaban J connectivity index is 1.79. The van der Waals surface area contributed by atoms with Crippen LogP contribution in [0.3, 0.4) is 0 Å². The molecule has 0 aromatic heterocycles. The molecule has 3 heteroatoms. The molecule has 0 fully saturated rings. The molecule has 0 atom stereocenters. The molecule has 0 heterocycles. The van der Waals surface area contributed by atoms with Gasteiger partial charge in [-0.2, -0.15) is 0 Å². The number of carbonyl (C=O) groups excluding carboxylic acids is 2. The van der Waals surface area contributed by atoms with Crippen molar-refractivity contribution in [2.24, 2.45) is 0 Å². The van der Waals surface area contributed by atoms with Gasteiger partial charge >= 0.3 is 0 Å². The smallest absolute Gasteiger partial charge is 0.189 e. The van der Waals surface area contributed by atoms with Crippen LogP contribution in [0, 0.1) is 0 Å². The summed E-state index contributed by atoms with van der Waals surface area (Å²) < 4.78 is 0. The fourth-order valence-corrected chi connectivity index (χ4v) is 2.54. The predicted molar refractivity (Wildman–Crippen MR) is 108 cm³/mol. The minimum Gasteiger partial charge on any atom is -0.507 e. The van der Waals surface area contributed by atoms with Gasteiger partial charge in [-0.05, 0) is 41.5 Å². The monoisotopic (exact) mass is 354 g/mol. The summed E-state index contributed by atoms with van der Waals surface area (Å²) >= 11 is 0. The molecule has 3 aromatic carbocycles. The molecule has 3 aromatic rings. The van der Waals surface area contributed by atoms with E-state index < -0.39 is 0 Å². The minimum absolute atomic E-state index is 0.0983. The van der Waals surface area contributed by atoms with Crippen molar-refractivity contribution in [3.63, 3.8) is 0 Å². The lowest BCUT2D eigenvalue weighted by Gasteiger charge is -2.03. The van der Waals surface area contributed by atoms with Crippen molar-refractivity contribution in [3.8, 4) is 5.75 Å². The van der Waals surface area contributed by atoms with Gasteiger partial charge < -0.3 is 5.11 Å². The molecule has 0 bridgehead atoms. The van der Waals surface area contributed by atoms with Crippen LogP contribution in [0.15, 0.2) is 91.0 Å². The number of rotatable bonds is 6. The maximum Gasteiger partial charge on any atom is 0.189 e. The summed E-state index contributed by atoms with van der Waals surface area (Å²) in [6.07, 6.45) is 6.23. The second-order valence-electron chi connectivity index (χ2n) is 5.95. The van der Waals surface area contributed by atoms with Gasteiger partial charge in [-0.1, -0.05) is 72.8 Å². The minimum atomic E-state index is -0.363. The van der Waals surface area contributed by atoms with Crippen LogP contribution in [0.1, 0.15) is 31.8 Å². The Morgan fingerprint density at radius 1 is 0.667 bits per heavy atom. The maximum atomic E-state index is 12.4. The van der Waals surface area contributed by atoms with Crippen LogP contribution in [0.25, 0.3) is 12.2 Å². The molecule has 0 aliphatic rings. The highest BCUT2D eigenvalue weighted by atomic mass is 16.3. The number of phenolic OH excluding ortho intramolecular Hbond substituents is 1. The largest absolute Gasteiger partial charge is 0.507 e. The van der Waals surface area contributed by atoms with Gasteiger partial charge in [0.2, 0.25) is 0 Å². The van der Waals surface area contributed by atoms with Gasteiger partial charge in [0.05, 0.1) is 5.56 Å². The predicted octanol–water partition coefficient (Wildman–Crippen LogP) is 5.18. The molecule has 3 rings (SSSR count). The summed E-state index contributed by atoms with van der Waals surface area (Å²) in [6, 6.07) is 23.1. The fraction of sp³-hybridized carbons (Fsp3) is 0. The van der Waals surface area contributed by atoms with E-state index in [-0.39, 0.29) is 22.9 Å². The maximum absolute atomic E-state index is 12.4. The third-order valence-electron chi connectivity index (χ3n) is 4.00. The number of hydrogen-bond acceptors (Lipinski definition) is 3. The number of ketones is 2. The van der Waals surface area contributed by atoms with Crippen LogP contribution in [0.4, 0.5) is 0 Å². The number of allylic oxidation sites excluding steroid dienone is 2. The van der Waals surface area contributed by atoms with E-state index in [1.165, 1.54) is 30.4 Å². The van der Waals surface area contributed by atoms with Gasteiger partial charge in [-0.25, -0.2) is 0 Å². The van der Waals surface area contributed by atoms with Crippen LogP contribution in [-0.4, -0.2) is 16.7 Å². The fourth-order valence-electron chi connectivity index (χ4n) is 2.54. The van der Waals surface area contributed by atoms with Crippen molar-refractivity contribution in [2.45, 2.75) is 0 Å². The molecule has 1 N–H and O–H groups in total. The Bertz CT molecular complexity index is 1000. The van der Waals surface area contributed by atoms with Gasteiger partial charge in [-0.3, -0.25) is 9.59 Å². The van der Waals surface area contributed by atoms with Gasteiger partial charge in [0.25, 0.3) is 0 Å². The Hall–Kier alpha value is -3.72. The molecule has 0 aliphatic heterocycles. The van der Waals surface area contributed by atoms with Crippen molar-refractivity contribution in [3.05, 3.63) is 113 Å². The van der Waals surface area contributed by atoms with Crippen LogP contribution in [0.5, 0.6) is 5.75 Å². The van der Waals surface area contributed by atoms with E-state index in [0.29, 0.717) is 5.56 Å². The third-order valence-corrected chi connectivity index (χ3v) is 4.00. The molecule has 0 saturated heterocycles. The summed E-state index contributed by atoms with van der Waals surface area (Å²) in [4.78, 5) is 24.8. The van der Waals surface area contributed by atoms with Gasteiger partial charge in [-0.15, -0.1) is 0 Å². The van der Waals surface area contributed by atoms with E-state index in [1.54, 1.807) is 12.2 Å². The van der Waals surface area contributed by atoms with Gasteiger partial charge in [0.1, 0.15) is 5.75 Å². The Kier molecular flexibility index (Phi) is 5.75. The van der Waals surface area contributed by atoms with Crippen LogP contribution in [-0.2, 0) is 0 Å². The average Bonchev–Trinajstić information content (AvgIpc) is 2.72. The molecule has 132 valence electrons. The summed E-state index contributed by atoms with van der Waals surface area (Å²) in [5, 5.41) is 10.0. The topological polar surface area (TPSA) is 54.4 Å². The quantitative estimate of drug-likeness (QED) is 0.490. The highest BCUT2D eigenvalue weighted by molar-refractivity contribution is 6.12. The van der Waals surface area contributed by atoms with Crippen molar-refractivity contribution in [1.82, 2.24) is 0 Å². The van der Waals surface area contributed by atoms with Gasteiger partial charge in [0.15, 0.2) is 11.6 Å². The second kappa shape index (κ2) is 8.59. The highest BCUT2D eigenvalue weighted by Crippen LogP contribution is 2.21. The Morgan fingerprint density at radius 2 is 1.19 bits per heavy atom. The van der Waals surface area contributed by atoms with Crippen LogP contribution in [0.2, 0.25) is 0 Å². The van der Waals surface area contributed by atoms with Crippen molar-refractivity contribution < 1.29 is 14.7 Å². The number of aromatic hydroxyl groups is 1. The lowest BCUT2D eigenvalue weighted by Crippen LogP contribution is -2.00. The molecule has 0 radical (unpaired) electrons. The molecule has 0 spiro atoms. The molecule has 0 amide bonds. The molecule has 0 unspecified atom stereocenters. The number of carbonyl (C=O) groups is 2. The standard InChI is InChI=1S/C24H18O3/c25-22(14-11-18-7-3-1-4-8-18)20-13-16-24(27)21(17-20)23(26)15-12-19-9-5-2-6-10-19/h1-17,27H. The highest BCUT2D eigenvalue weighted by Gasteiger charge is 2.12. The number of hydrogen-bond donors (Lipinski definition) is 1. The Labute approximate surface area is 157 Å². The zero-order chi connectivity index (χ0) is 19.1. The molecular weight excluding hydrogens is 336 g/mol. The lowest BCUT2D eigenvalue weighted by atomic mass is 10.0. The summed E-state index contributed by atoms with van der Waals surface area (Å²) in [7, 11) is 0. The molecule has 0 aliphatic carbocycles. The first-order chi connectivity index (χ1) is 13.1. The number of benzene rings is 3. The van der Waals surface area contributed by atoms with Crippen LogP contribution < -0.4 is 0 Å². The van der Waals surface area contributed by atoms with Crippen LogP contribution >= 0.6 is 0 Å². The van der Waals surface area contributed by atoms with Crippen molar-refractivity contribution in [2.75, 3.05) is 0 Å². The lowest BCUT2D eigenvalue weighted by molar-refractivity contribution is 0.104. The van der Waals surface area contributed by atoms with E-state index in [9.17, 15) is 14.7 Å². The first-order valence-electron chi connectivity index (χ1n) is 8.51. The van der Waals surface area contributed by atoms with E-state index in [1.807, 2.05) is 60.7 Å². The van der Waals surface area contributed by atoms with Crippen molar-refractivity contribution >= 4 is 23.7 Å². The average molecular weight is 354 g/mol. The molecular formula is C24H18O3. The second-order valence-corrected chi connectivity index (χ2v) is 5.95. The van der Waals surface area contributed by atoms with Crippen molar-refractivity contribution in [1.29, 1.82) is 0 Å². The molecule has 27 heavy (non-hydrogen) atoms. The first kappa shape index (κ1) is 18.1. The Morgan fingerprint density at radius 3 is 1.74 bits per heavy atom. The zero-order valence-corrected chi connectivity index (χ0v) is 14.6. The normalized spacial score (nSPS) is 11.1. The van der Waals surface area contributed by atoms with E-state index in [2.05, 4.69) is 0 Å². The first-order valence-corrected chi connectivity index (χ1v) is 8.51. The number of phenols is 1. The van der Waals surface area contributed by atoms with Gasteiger partial charge in [0, 0.05) is 5.56 Å². The molecule has 0 saturated carbocycles. The van der Waals surface area contributed by atoms with E-state index >= 15 is 0 Å². The zero-order valence-electron chi connectivity index (χ0n) is 14.6.